The predicted molar refractivity (Wildman–Crippen MR) is 117 cm³/mol. The lowest BCUT2D eigenvalue weighted by atomic mass is 10.1. The van der Waals surface area contributed by atoms with Crippen molar-refractivity contribution in [3.05, 3.63) is 86.1 Å². The number of fused-ring (bicyclic) bond motifs is 1. The number of benzene rings is 2. The number of allylic oxidation sites excluding steroid dienone is 1. The molecule has 0 radical (unpaired) electrons. The van der Waals surface area contributed by atoms with E-state index in [0.717, 1.165) is 28.9 Å². The van der Waals surface area contributed by atoms with Crippen molar-refractivity contribution in [3.63, 3.8) is 0 Å². The number of thiazole rings is 1. The standard InChI is InChI=1S/C22H11ClF3N3O2S/c23-17-6-5-14(8-16(17)22(24,25)26)28-10-13(9-27)20-29-18(11-32-20)15-7-12-3-1-2-4-19(12)31-21(15)30/h1-8,10-11,28H/b13-10-. The van der Waals surface area contributed by atoms with Gasteiger partial charge >= 0.3 is 11.8 Å². The maximum Gasteiger partial charge on any atom is 0.417 e. The molecule has 0 unspecified atom stereocenters. The number of alkyl halides is 3. The maximum atomic E-state index is 13.0. The number of aromatic nitrogens is 1. The normalized spacial score (nSPS) is 12.0. The van der Waals surface area contributed by atoms with Gasteiger partial charge in [0, 0.05) is 22.7 Å². The van der Waals surface area contributed by atoms with Crippen molar-refractivity contribution >= 4 is 45.2 Å². The Hall–Kier alpha value is -3.61. The van der Waals surface area contributed by atoms with E-state index in [-0.39, 0.29) is 21.8 Å². The van der Waals surface area contributed by atoms with Crippen LogP contribution in [-0.2, 0) is 6.18 Å². The fourth-order valence-electron chi connectivity index (χ4n) is 2.89. The van der Waals surface area contributed by atoms with Gasteiger partial charge in [-0.2, -0.15) is 18.4 Å². The second-order valence-corrected chi connectivity index (χ2v) is 7.80. The average molecular weight is 474 g/mol. The largest absolute Gasteiger partial charge is 0.422 e. The molecule has 0 aliphatic rings. The minimum Gasteiger partial charge on any atom is -0.422 e. The SMILES string of the molecule is N#C/C(=C/Nc1ccc(Cl)c(C(F)(F)F)c1)c1nc(-c2cc3ccccc3oc2=O)cs1. The van der Waals surface area contributed by atoms with E-state index in [1.165, 1.54) is 12.3 Å². The van der Waals surface area contributed by atoms with Crippen molar-refractivity contribution in [2.45, 2.75) is 6.18 Å². The molecule has 2 aromatic heterocycles. The molecule has 4 aromatic rings. The van der Waals surface area contributed by atoms with Gasteiger partial charge in [-0.25, -0.2) is 9.78 Å². The molecular formula is C22H11ClF3N3O2S. The molecule has 0 saturated carbocycles. The van der Waals surface area contributed by atoms with Crippen LogP contribution in [0.1, 0.15) is 10.6 Å². The Morgan fingerprint density at radius 1 is 1.22 bits per heavy atom. The van der Waals surface area contributed by atoms with E-state index < -0.39 is 22.4 Å². The van der Waals surface area contributed by atoms with E-state index in [1.807, 2.05) is 12.1 Å². The zero-order valence-electron chi connectivity index (χ0n) is 15.9. The quantitative estimate of drug-likeness (QED) is 0.268. The van der Waals surface area contributed by atoms with Crippen molar-refractivity contribution in [2.24, 2.45) is 0 Å². The molecule has 0 aliphatic heterocycles. The van der Waals surface area contributed by atoms with E-state index in [4.69, 9.17) is 16.0 Å². The van der Waals surface area contributed by atoms with Gasteiger partial charge in [0.2, 0.25) is 0 Å². The molecule has 2 heterocycles. The molecule has 0 bridgehead atoms. The number of nitrogens with one attached hydrogen (secondary N) is 1. The number of hydrogen-bond donors (Lipinski definition) is 1. The van der Waals surface area contributed by atoms with Crippen LogP contribution in [-0.4, -0.2) is 4.98 Å². The van der Waals surface area contributed by atoms with Crippen LogP contribution in [0.3, 0.4) is 0 Å². The topological polar surface area (TPSA) is 78.9 Å². The molecule has 32 heavy (non-hydrogen) atoms. The summed E-state index contributed by atoms with van der Waals surface area (Å²) < 4.78 is 44.4. The van der Waals surface area contributed by atoms with Crippen molar-refractivity contribution < 1.29 is 17.6 Å². The lowest BCUT2D eigenvalue weighted by Gasteiger charge is -2.10. The van der Waals surface area contributed by atoms with Gasteiger partial charge in [0.25, 0.3) is 0 Å². The van der Waals surface area contributed by atoms with Crippen LogP contribution in [0, 0.1) is 11.3 Å². The second kappa shape index (κ2) is 8.49. The average Bonchev–Trinajstić information content (AvgIpc) is 3.23. The Bertz CT molecular complexity index is 1450. The molecule has 5 nitrogen and oxygen atoms in total. The highest BCUT2D eigenvalue weighted by Gasteiger charge is 2.33. The van der Waals surface area contributed by atoms with Crippen molar-refractivity contribution in [1.82, 2.24) is 4.98 Å². The number of halogens is 4. The smallest absolute Gasteiger partial charge is 0.417 e. The summed E-state index contributed by atoms with van der Waals surface area (Å²) in [5.74, 6) is 0. The van der Waals surface area contributed by atoms with E-state index >= 15 is 0 Å². The first-order valence-electron chi connectivity index (χ1n) is 8.99. The third kappa shape index (κ3) is 4.37. The van der Waals surface area contributed by atoms with Crippen LogP contribution in [0.4, 0.5) is 18.9 Å². The molecule has 0 aliphatic carbocycles. The van der Waals surface area contributed by atoms with Gasteiger partial charge in [0.15, 0.2) is 0 Å². The van der Waals surface area contributed by atoms with E-state index in [9.17, 15) is 23.2 Å². The summed E-state index contributed by atoms with van der Waals surface area (Å²) in [7, 11) is 0. The predicted octanol–water partition coefficient (Wildman–Crippen LogP) is 6.57. The molecule has 0 spiro atoms. The van der Waals surface area contributed by atoms with Gasteiger partial charge in [0.1, 0.15) is 22.2 Å². The van der Waals surface area contributed by atoms with Gasteiger partial charge in [-0.1, -0.05) is 29.8 Å². The molecule has 2 aromatic carbocycles. The number of hydrogen-bond acceptors (Lipinski definition) is 6. The Balaban J connectivity index is 1.64. The Morgan fingerprint density at radius 3 is 2.75 bits per heavy atom. The number of nitrogens with zero attached hydrogens (tertiary/aromatic N) is 2. The van der Waals surface area contributed by atoms with Crippen LogP contribution in [0.2, 0.25) is 5.02 Å². The van der Waals surface area contributed by atoms with Gasteiger partial charge in [-0.15, -0.1) is 11.3 Å². The highest BCUT2D eigenvalue weighted by atomic mass is 35.5. The molecule has 160 valence electrons. The summed E-state index contributed by atoms with van der Waals surface area (Å²) in [5.41, 5.74) is -0.366. The number of anilines is 1. The summed E-state index contributed by atoms with van der Waals surface area (Å²) in [6, 6.07) is 14.0. The van der Waals surface area contributed by atoms with Crippen molar-refractivity contribution in [1.29, 1.82) is 5.26 Å². The van der Waals surface area contributed by atoms with E-state index in [0.29, 0.717) is 11.3 Å². The number of para-hydroxylation sites is 1. The molecule has 10 heteroatoms. The molecule has 0 atom stereocenters. The molecule has 0 saturated heterocycles. The summed E-state index contributed by atoms with van der Waals surface area (Å²) in [4.78, 5) is 16.7. The van der Waals surface area contributed by atoms with Crippen LogP contribution < -0.4 is 10.9 Å². The minimum atomic E-state index is -4.61. The van der Waals surface area contributed by atoms with Gasteiger partial charge in [-0.3, -0.25) is 0 Å². The van der Waals surface area contributed by atoms with Gasteiger partial charge in [0.05, 0.1) is 21.8 Å². The van der Waals surface area contributed by atoms with Gasteiger partial charge in [-0.05, 0) is 30.3 Å². The summed E-state index contributed by atoms with van der Waals surface area (Å²) in [6.45, 7) is 0. The zero-order chi connectivity index (χ0) is 22.9. The van der Waals surface area contributed by atoms with Gasteiger partial charge < -0.3 is 9.73 Å². The molecule has 4 rings (SSSR count). The van der Waals surface area contributed by atoms with Crippen LogP contribution in [0.25, 0.3) is 27.8 Å². The molecule has 0 fully saturated rings. The third-order valence-electron chi connectivity index (χ3n) is 4.43. The maximum absolute atomic E-state index is 13.0. The number of rotatable bonds is 4. The zero-order valence-corrected chi connectivity index (χ0v) is 17.5. The first-order chi connectivity index (χ1) is 15.3. The number of nitriles is 1. The lowest BCUT2D eigenvalue weighted by molar-refractivity contribution is -0.137. The highest BCUT2D eigenvalue weighted by Crippen LogP contribution is 2.36. The van der Waals surface area contributed by atoms with Crippen LogP contribution in [0.15, 0.2) is 69.3 Å². The third-order valence-corrected chi connectivity index (χ3v) is 5.63. The second-order valence-electron chi connectivity index (χ2n) is 6.53. The fourth-order valence-corrected chi connectivity index (χ4v) is 3.90. The molecular weight excluding hydrogens is 463 g/mol. The lowest BCUT2D eigenvalue weighted by Crippen LogP contribution is -2.06. The van der Waals surface area contributed by atoms with Crippen LogP contribution in [0.5, 0.6) is 0 Å². The van der Waals surface area contributed by atoms with E-state index in [2.05, 4.69) is 10.3 Å². The summed E-state index contributed by atoms with van der Waals surface area (Å²) in [6.07, 6.45) is -3.36. The monoisotopic (exact) mass is 473 g/mol. The molecule has 0 amide bonds. The summed E-state index contributed by atoms with van der Waals surface area (Å²) in [5, 5.41) is 14.3. The first kappa shape index (κ1) is 21.6. The summed E-state index contributed by atoms with van der Waals surface area (Å²) >= 11 is 6.73. The molecule has 1 N–H and O–H groups in total. The fraction of sp³-hybridized carbons (Fsp3) is 0.0455. The first-order valence-corrected chi connectivity index (χ1v) is 10.2. The Kier molecular flexibility index (Phi) is 5.74. The van der Waals surface area contributed by atoms with Crippen molar-refractivity contribution in [2.75, 3.05) is 5.32 Å². The Morgan fingerprint density at radius 2 is 2.00 bits per heavy atom. The Labute approximate surface area is 188 Å². The van der Waals surface area contributed by atoms with Crippen LogP contribution >= 0.6 is 22.9 Å². The van der Waals surface area contributed by atoms with E-state index in [1.54, 1.807) is 29.6 Å². The van der Waals surface area contributed by atoms with Crippen molar-refractivity contribution in [3.8, 4) is 17.3 Å². The minimum absolute atomic E-state index is 0.0786. The highest BCUT2D eigenvalue weighted by molar-refractivity contribution is 7.11.